The van der Waals surface area contributed by atoms with Crippen molar-refractivity contribution in [3.05, 3.63) is 67.1 Å². The summed E-state index contributed by atoms with van der Waals surface area (Å²) in [5.74, 6) is 0. The molecule has 2 aromatic carbocycles. The molecule has 0 amide bonds. The number of hydrogen-bond donors (Lipinski definition) is 0. The topological polar surface area (TPSA) is 55.5 Å². The van der Waals surface area contributed by atoms with Gasteiger partial charge in [-0.25, -0.2) is 0 Å². The van der Waals surface area contributed by atoms with Crippen LogP contribution in [0.3, 0.4) is 0 Å². The van der Waals surface area contributed by atoms with Crippen molar-refractivity contribution in [1.82, 2.24) is 0 Å². The number of nitrogens with zero attached hydrogens (tertiary/aromatic N) is 2. The normalized spacial score (nSPS) is 10.9. The van der Waals surface area contributed by atoms with Gasteiger partial charge in [-0.3, -0.25) is 15.1 Å². The number of halogens is 3. The summed E-state index contributed by atoms with van der Waals surface area (Å²) in [5.41, 5.74) is 0.994. The van der Waals surface area contributed by atoms with E-state index in [1.165, 1.54) is 18.3 Å². The second kappa shape index (κ2) is 6.22. The third kappa shape index (κ3) is 3.48. The maximum Gasteiger partial charge on any atom is 0.288 e. The first kappa shape index (κ1) is 14.8. The van der Waals surface area contributed by atoms with E-state index in [9.17, 15) is 10.1 Å². The van der Waals surface area contributed by atoms with Gasteiger partial charge in [-0.2, -0.15) is 0 Å². The van der Waals surface area contributed by atoms with Gasteiger partial charge in [0.2, 0.25) is 0 Å². The highest BCUT2D eigenvalue weighted by atomic mass is 35.5. The Morgan fingerprint density at radius 2 is 1.70 bits per heavy atom. The maximum absolute atomic E-state index is 10.8. The molecule has 0 aliphatic heterocycles. The molecule has 0 heterocycles. The third-order valence-corrected chi connectivity index (χ3v) is 3.49. The fraction of sp³-hybridized carbons (Fsp3) is 0. The molecule has 0 spiro atoms. The monoisotopic (exact) mass is 328 g/mol. The van der Waals surface area contributed by atoms with Crippen molar-refractivity contribution in [2.45, 2.75) is 0 Å². The Labute approximate surface area is 129 Å². The van der Waals surface area contributed by atoms with Crippen molar-refractivity contribution in [2.75, 3.05) is 0 Å². The predicted octanol–water partition coefficient (Wildman–Crippen LogP) is 5.31. The van der Waals surface area contributed by atoms with E-state index >= 15 is 0 Å². The van der Waals surface area contributed by atoms with Gasteiger partial charge in [0.25, 0.3) is 5.69 Å². The summed E-state index contributed by atoms with van der Waals surface area (Å²) in [5, 5.41) is 11.7. The van der Waals surface area contributed by atoms with Crippen molar-refractivity contribution in [3.63, 3.8) is 0 Å². The molecule has 0 N–H and O–H groups in total. The van der Waals surface area contributed by atoms with E-state index in [1.807, 2.05) is 0 Å². The molecule has 2 rings (SSSR count). The molecule has 0 aliphatic rings. The van der Waals surface area contributed by atoms with Gasteiger partial charge in [0, 0.05) is 12.3 Å². The van der Waals surface area contributed by atoms with Gasteiger partial charge in [0.1, 0.15) is 5.02 Å². The Bertz CT molecular complexity index is 702. The minimum Gasteiger partial charge on any atom is -0.258 e. The summed E-state index contributed by atoms with van der Waals surface area (Å²) >= 11 is 17.4. The molecule has 0 unspecified atom stereocenters. The van der Waals surface area contributed by atoms with Gasteiger partial charge >= 0.3 is 0 Å². The molecule has 0 radical (unpaired) electrons. The molecular weight excluding hydrogens is 323 g/mol. The summed E-state index contributed by atoms with van der Waals surface area (Å²) in [6.07, 6.45) is 1.49. The Morgan fingerprint density at radius 1 is 1.00 bits per heavy atom. The average molecular weight is 330 g/mol. The van der Waals surface area contributed by atoms with Crippen LogP contribution in [0.4, 0.5) is 11.4 Å². The van der Waals surface area contributed by atoms with E-state index in [0.717, 1.165) is 0 Å². The molecular formula is C13H7Cl3N2O2. The van der Waals surface area contributed by atoms with Gasteiger partial charge in [0.15, 0.2) is 0 Å². The quantitative estimate of drug-likeness (QED) is 0.435. The highest BCUT2D eigenvalue weighted by Gasteiger charge is 2.11. The molecule has 0 bridgehead atoms. The molecule has 0 aromatic heterocycles. The lowest BCUT2D eigenvalue weighted by Gasteiger charge is -1.99. The van der Waals surface area contributed by atoms with E-state index < -0.39 is 4.92 Å². The van der Waals surface area contributed by atoms with Crippen LogP contribution in [-0.4, -0.2) is 11.1 Å². The van der Waals surface area contributed by atoms with Gasteiger partial charge < -0.3 is 0 Å². The number of nitro benzene ring substituents is 1. The summed E-state index contributed by atoms with van der Waals surface area (Å²) in [6.45, 7) is 0. The Hall–Kier alpha value is -1.62. The number of hydrogen-bond acceptors (Lipinski definition) is 3. The number of rotatable bonds is 3. The molecule has 0 aliphatic carbocycles. The summed E-state index contributed by atoms with van der Waals surface area (Å²) in [7, 11) is 0. The maximum atomic E-state index is 10.8. The number of nitro groups is 1. The van der Waals surface area contributed by atoms with Crippen LogP contribution in [0.15, 0.2) is 41.4 Å². The summed E-state index contributed by atoms with van der Waals surface area (Å²) in [6, 6.07) is 9.36. The van der Waals surface area contributed by atoms with Crippen LogP contribution in [-0.2, 0) is 0 Å². The highest BCUT2D eigenvalue weighted by Crippen LogP contribution is 2.27. The van der Waals surface area contributed by atoms with E-state index in [2.05, 4.69) is 4.99 Å². The number of benzene rings is 2. The lowest BCUT2D eigenvalue weighted by Crippen LogP contribution is -1.91. The van der Waals surface area contributed by atoms with Crippen LogP contribution < -0.4 is 0 Å². The van der Waals surface area contributed by atoms with E-state index in [-0.39, 0.29) is 10.7 Å². The Balaban J connectivity index is 2.29. The van der Waals surface area contributed by atoms with Crippen molar-refractivity contribution >= 4 is 52.4 Å². The van der Waals surface area contributed by atoms with E-state index in [4.69, 9.17) is 34.8 Å². The Kier molecular flexibility index (Phi) is 4.60. The van der Waals surface area contributed by atoms with Gasteiger partial charge in [-0.15, -0.1) is 0 Å². The summed E-state index contributed by atoms with van der Waals surface area (Å²) < 4.78 is 0. The van der Waals surface area contributed by atoms with Crippen LogP contribution >= 0.6 is 34.8 Å². The smallest absolute Gasteiger partial charge is 0.258 e. The fourth-order valence-corrected chi connectivity index (χ4v) is 1.94. The molecule has 0 fully saturated rings. The fourth-order valence-electron chi connectivity index (χ4n) is 1.46. The van der Waals surface area contributed by atoms with Gasteiger partial charge in [-0.05, 0) is 29.8 Å². The zero-order chi connectivity index (χ0) is 14.7. The zero-order valence-corrected chi connectivity index (χ0v) is 12.2. The van der Waals surface area contributed by atoms with Crippen LogP contribution in [0.1, 0.15) is 5.56 Å². The molecule has 0 atom stereocenters. The number of aliphatic imine (C=N–C) groups is 1. The van der Waals surface area contributed by atoms with Gasteiger partial charge in [-0.1, -0.05) is 40.9 Å². The van der Waals surface area contributed by atoms with Crippen LogP contribution in [0.2, 0.25) is 15.1 Å². The average Bonchev–Trinajstić information content (AvgIpc) is 2.41. The van der Waals surface area contributed by atoms with E-state index in [1.54, 1.807) is 24.3 Å². The van der Waals surface area contributed by atoms with Crippen molar-refractivity contribution < 1.29 is 4.92 Å². The minimum absolute atomic E-state index is 0.0849. The standard InChI is InChI=1S/C13H7Cl3N2O2/c14-10-4-2-9(6-12(10)16)17-7-8-1-3-11(15)13(5-8)18(19)20/h1-7H. The third-order valence-electron chi connectivity index (χ3n) is 2.43. The zero-order valence-electron chi connectivity index (χ0n) is 9.89. The summed E-state index contributed by atoms with van der Waals surface area (Å²) in [4.78, 5) is 14.4. The first-order valence-electron chi connectivity index (χ1n) is 5.40. The molecule has 0 saturated heterocycles. The van der Waals surface area contributed by atoms with Crippen LogP contribution in [0, 0.1) is 10.1 Å². The first-order valence-corrected chi connectivity index (χ1v) is 6.54. The molecule has 102 valence electrons. The predicted molar refractivity (Wildman–Crippen MR) is 81.8 cm³/mol. The van der Waals surface area contributed by atoms with Crippen molar-refractivity contribution in [1.29, 1.82) is 0 Å². The SMILES string of the molecule is O=[N+]([O-])c1cc(C=Nc2ccc(Cl)c(Cl)c2)ccc1Cl. The molecule has 4 nitrogen and oxygen atoms in total. The second-order valence-corrected chi connectivity index (χ2v) is 5.05. The molecule has 7 heteroatoms. The molecule has 0 saturated carbocycles. The van der Waals surface area contributed by atoms with Crippen LogP contribution in [0.5, 0.6) is 0 Å². The van der Waals surface area contributed by atoms with E-state index in [0.29, 0.717) is 21.3 Å². The first-order chi connectivity index (χ1) is 9.47. The van der Waals surface area contributed by atoms with Crippen LogP contribution in [0.25, 0.3) is 0 Å². The molecule has 2 aromatic rings. The minimum atomic E-state index is -0.543. The van der Waals surface area contributed by atoms with Gasteiger partial charge in [0.05, 0.1) is 20.7 Å². The lowest BCUT2D eigenvalue weighted by molar-refractivity contribution is -0.384. The largest absolute Gasteiger partial charge is 0.288 e. The highest BCUT2D eigenvalue weighted by molar-refractivity contribution is 6.42. The molecule has 20 heavy (non-hydrogen) atoms. The van der Waals surface area contributed by atoms with Crippen molar-refractivity contribution in [2.24, 2.45) is 4.99 Å². The second-order valence-electron chi connectivity index (χ2n) is 3.82. The lowest BCUT2D eigenvalue weighted by atomic mass is 10.2. The van der Waals surface area contributed by atoms with Crippen molar-refractivity contribution in [3.8, 4) is 0 Å². The Morgan fingerprint density at radius 3 is 2.35 bits per heavy atom.